The summed E-state index contributed by atoms with van der Waals surface area (Å²) >= 11 is 0. The summed E-state index contributed by atoms with van der Waals surface area (Å²) in [5.74, 6) is -1.94. The number of halogens is 3. The van der Waals surface area contributed by atoms with E-state index in [2.05, 4.69) is 11.4 Å². The molecule has 1 aliphatic rings. The highest BCUT2D eigenvalue weighted by Gasteiger charge is 2.29. The Kier molecular flexibility index (Phi) is 7.36. The lowest BCUT2D eigenvalue weighted by Crippen LogP contribution is -2.42. The number of alkyl halides is 3. The first-order chi connectivity index (χ1) is 16.1. The van der Waals surface area contributed by atoms with Crippen molar-refractivity contribution in [3.63, 3.8) is 0 Å². The zero-order valence-electron chi connectivity index (χ0n) is 17.9. The van der Waals surface area contributed by atoms with Gasteiger partial charge < -0.3 is 15.3 Å². The van der Waals surface area contributed by atoms with Crippen LogP contribution in [0.3, 0.4) is 0 Å². The maximum absolute atomic E-state index is 12.6. The van der Waals surface area contributed by atoms with Crippen LogP contribution in [0.15, 0.2) is 42.5 Å². The van der Waals surface area contributed by atoms with Gasteiger partial charge in [-0.2, -0.15) is 18.4 Å². The minimum atomic E-state index is -4.44. The minimum Gasteiger partial charge on any atom is -0.481 e. The molecule has 0 atom stereocenters. The lowest BCUT2D eigenvalue weighted by molar-refractivity contribution is -0.138. The molecule has 2 amide bonds. The fourth-order valence-electron chi connectivity index (χ4n) is 3.61. The summed E-state index contributed by atoms with van der Waals surface area (Å²) in [6.07, 6.45) is -1.73. The van der Waals surface area contributed by atoms with Crippen molar-refractivity contribution in [3.8, 4) is 6.07 Å². The molecule has 0 fully saturated rings. The first-order valence-corrected chi connectivity index (χ1v) is 10.2. The molecule has 0 bridgehead atoms. The largest absolute Gasteiger partial charge is 0.481 e. The Morgan fingerprint density at radius 2 is 1.88 bits per heavy atom. The number of amides is 2. The molecule has 176 valence electrons. The maximum atomic E-state index is 12.6. The van der Waals surface area contributed by atoms with Gasteiger partial charge in [-0.3, -0.25) is 14.4 Å². The number of nitrogens with one attached hydrogen (secondary N) is 1. The van der Waals surface area contributed by atoms with Crippen LogP contribution in [-0.4, -0.2) is 40.9 Å². The molecule has 7 nitrogen and oxygen atoms in total. The molecule has 10 heteroatoms. The summed E-state index contributed by atoms with van der Waals surface area (Å²) in [7, 11) is 0. The van der Waals surface area contributed by atoms with Crippen LogP contribution in [0.25, 0.3) is 6.08 Å². The molecule has 2 N–H and O–H groups in total. The third-order valence-corrected chi connectivity index (χ3v) is 5.31. The van der Waals surface area contributed by atoms with Crippen molar-refractivity contribution < 1.29 is 32.7 Å². The molecule has 2 aromatic rings. The maximum Gasteiger partial charge on any atom is 0.416 e. The Bertz CT molecular complexity index is 1180. The number of carboxylic acid groups (broad SMARTS) is 1. The molecule has 0 unspecified atom stereocenters. The quantitative estimate of drug-likeness (QED) is 0.630. The molecule has 0 aliphatic carbocycles. The molecule has 2 aromatic carbocycles. The van der Waals surface area contributed by atoms with Gasteiger partial charge in [0.2, 0.25) is 11.8 Å². The number of nitriles is 1. The predicted octanol–water partition coefficient (Wildman–Crippen LogP) is 2.92. The summed E-state index contributed by atoms with van der Waals surface area (Å²) in [5.41, 5.74) is 1.92. The fraction of sp³-hybridized carbons (Fsp3) is 0.250. The number of carboxylic acids is 1. The number of hydrogen-bond donors (Lipinski definition) is 2. The Morgan fingerprint density at radius 3 is 2.50 bits per heavy atom. The normalized spacial score (nSPS) is 13.3. The lowest BCUT2D eigenvalue weighted by atomic mass is 9.92. The van der Waals surface area contributed by atoms with E-state index in [0.29, 0.717) is 35.2 Å². The number of aliphatic carboxylic acids is 1. The molecule has 0 radical (unpaired) electrons. The van der Waals surface area contributed by atoms with E-state index >= 15 is 0 Å². The first kappa shape index (κ1) is 24.5. The van der Waals surface area contributed by atoms with Crippen LogP contribution in [0.2, 0.25) is 0 Å². The zero-order chi connectivity index (χ0) is 24.9. The number of benzene rings is 2. The lowest BCUT2D eigenvalue weighted by Gasteiger charge is -2.30. The minimum absolute atomic E-state index is 0.168. The van der Waals surface area contributed by atoms with Crippen LogP contribution in [-0.2, 0) is 39.9 Å². The standard InChI is InChI=1S/C24H20F3N3O4/c25-24(26,27)19-4-1-15(2-5-19)3-6-21(31)29-13-22(32)30-8-7-17-9-16(11-23(33)34)10-18(12-28)20(17)14-30/h1-6,9-10H,7-8,11,13-14H2,(H,29,31)(H,33,34)/b6-3+. The van der Waals surface area contributed by atoms with Gasteiger partial charge in [-0.1, -0.05) is 18.2 Å². The van der Waals surface area contributed by atoms with Gasteiger partial charge in [-0.15, -0.1) is 0 Å². The number of nitrogens with zero attached hydrogens (tertiary/aromatic N) is 2. The van der Waals surface area contributed by atoms with Gasteiger partial charge in [-0.05, 0) is 52.9 Å². The van der Waals surface area contributed by atoms with E-state index in [1.807, 2.05) is 0 Å². The molecular formula is C24H20F3N3O4. The van der Waals surface area contributed by atoms with Crippen LogP contribution in [0.1, 0.15) is 33.4 Å². The van der Waals surface area contributed by atoms with Crippen molar-refractivity contribution in [2.45, 2.75) is 25.6 Å². The monoisotopic (exact) mass is 471 g/mol. The third kappa shape index (κ3) is 6.22. The number of hydrogen-bond acceptors (Lipinski definition) is 4. The summed E-state index contributed by atoms with van der Waals surface area (Å²) in [6.45, 7) is 0.233. The van der Waals surface area contributed by atoms with Crippen molar-refractivity contribution >= 4 is 23.9 Å². The van der Waals surface area contributed by atoms with Gasteiger partial charge in [0.1, 0.15) is 0 Å². The van der Waals surface area contributed by atoms with Gasteiger partial charge >= 0.3 is 12.1 Å². The Morgan fingerprint density at radius 1 is 1.18 bits per heavy atom. The molecule has 3 rings (SSSR count). The van der Waals surface area contributed by atoms with E-state index in [1.54, 1.807) is 6.07 Å². The number of rotatable bonds is 6. The van der Waals surface area contributed by atoms with E-state index in [1.165, 1.54) is 29.2 Å². The number of fused-ring (bicyclic) bond motifs is 1. The summed E-state index contributed by atoms with van der Waals surface area (Å²) in [6, 6.07) is 9.59. The number of carbonyl (C=O) groups is 3. The van der Waals surface area contributed by atoms with E-state index in [9.17, 15) is 32.8 Å². The van der Waals surface area contributed by atoms with Crippen LogP contribution in [0.4, 0.5) is 13.2 Å². The summed E-state index contributed by atoms with van der Waals surface area (Å²) < 4.78 is 37.8. The van der Waals surface area contributed by atoms with Gasteiger partial charge in [0.05, 0.1) is 30.2 Å². The van der Waals surface area contributed by atoms with E-state index in [4.69, 9.17) is 5.11 Å². The van der Waals surface area contributed by atoms with Crippen LogP contribution >= 0.6 is 0 Å². The Hall–Kier alpha value is -4.13. The third-order valence-electron chi connectivity index (χ3n) is 5.31. The van der Waals surface area contributed by atoms with E-state index in [-0.39, 0.29) is 25.4 Å². The van der Waals surface area contributed by atoms with Crippen molar-refractivity contribution in [1.82, 2.24) is 10.2 Å². The fourth-order valence-corrected chi connectivity index (χ4v) is 3.61. The first-order valence-electron chi connectivity index (χ1n) is 10.2. The molecule has 34 heavy (non-hydrogen) atoms. The topological polar surface area (TPSA) is 110 Å². The van der Waals surface area contributed by atoms with Crippen molar-refractivity contribution in [2.75, 3.05) is 13.1 Å². The molecule has 1 aliphatic heterocycles. The van der Waals surface area contributed by atoms with E-state index in [0.717, 1.165) is 23.8 Å². The smallest absolute Gasteiger partial charge is 0.416 e. The highest BCUT2D eigenvalue weighted by molar-refractivity contribution is 5.94. The number of carbonyl (C=O) groups excluding carboxylic acids is 2. The zero-order valence-corrected chi connectivity index (χ0v) is 17.9. The molecule has 1 heterocycles. The average Bonchev–Trinajstić information content (AvgIpc) is 2.79. The van der Waals surface area contributed by atoms with Gasteiger partial charge in [-0.25, -0.2) is 0 Å². The second-order valence-corrected chi connectivity index (χ2v) is 7.70. The van der Waals surface area contributed by atoms with Crippen molar-refractivity contribution in [1.29, 1.82) is 5.26 Å². The average molecular weight is 471 g/mol. The van der Waals surface area contributed by atoms with Crippen LogP contribution in [0, 0.1) is 11.3 Å². The predicted molar refractivity (Wildman–Crippen MR) is 115 cm³/mol. The van der Waals surface area contributed by atoms with Gasteiger partial charge in [0, 0.05) is 19.2 Å². The Balaban J connectivity index is 1.57. The van der Waals surface area contributed by atoms with Gasteiger partial charge in [0.25, 0.3) is 0 Å². The van der Waals surface area contributed by atoms with Crippen molar-refractivity contribution in [2.24, 2.45) is 0 Å². The molecule has 0 saturated carbocycles. The molecule has 0 spiro atoms. The van der Waals surface area contributed by atoms with Gasteiger partial charge in [0.15, 0.2) is 0 Å². The Labute approximate surface area is 193 Å². The highest BCUT2D eigenvalue weighted by Crippen LogP contribution is 2.29. The summed E-state index contributed by atoms with van der Waals surface area (Å²) in [4.78, 5) is 37.0. The molecule has 0 saturated heterocycles. The van der Waals surface area contributed by atoms with Crippen LogP contribution < -0.4 is 5.32 Å². The SMILES string of the molecule is N#Cc1cc(CC(=O)O)cc2c1CN(C(=O)CNC(=O)/C=C/c1ccc(C(F)(F)F)cc1)CC2. The molecule has 0 aromatic heterocycles. The molecular weight excluding hydrogens is 451 g/mol. The van der Waals surface area contributed by atoms with E-state index < -0.39 is 23.6 Å². The highest BCUT2D eigenvalue weighted by atomic mass is 19.4. The second-order valence-electron chi connectivity index (χ2n) is 7.70. The van der Waals surface area contributed by atoms with Crippen molar-refractivity contribution in [3.05, 3.63) is 75.9 Å². The van der Waals surface area contributed by atoms with Crippen LogP contribution in [0.5, 0.6) is 0 Å². The second kappa shape index (κ2) is 10.2. The summed E-state index contributed by atoms with van der Waals surface area (Å²) in [5, 5.41) is 20.9.